The Kier molecular flexibility index (Phi) is 4.37. The quantitative estimate of drug-likeness (QED) is 0.815. The summed E-state index contributed by atoms with van der Waals surface area (Å²) >= 11 is 1.59. The van der Waals surface area contributed by atoms with E-state index in [0.717, 1.165) is 13.0 Å². The van der Waals surface area contributed by atoms with Crippen LogP contribution in [0.3, 0.4) is 0 Å². The molecule has 88 valence electrons. The number of aliphatic imine (C=N–C) groups is 1. The molecule has 1 N–H and O–H groups in total. The Morgan fingerprint density at radius 2 is 2.20 bits per heavy atom. The van der Waals surface area contributed by atoms with Crippen molar-refractivity contribution in [2.75, 3.05) is 13.1 Å². The van der Waals surface area contributed by atoms with Crippen molar-refractivity contribution in [2.24, 2.45) is 10.4 Å². The van der Waals surface area contributed by atoms with E-state index in [4.69, 9.17) is 0 Å². The minimum Gasteiger partial charge on any atom is -0.359 e. The van der Waals surface area contributed by atoms with Gasteiger partial charge in [0.2, 0.25) is 0 Å². The molecule has 0 radical (unpaired) electrons. The number of nitrogens with one attached hydrogen (secondary N) is 1. The first kappa shape index (κ1) is 12.7. The minimum atomic E-state index is -2.31. The van der Waals surface area contributed by atoms with Gasteiger partial charge >= 0.3 is 0 Å². The number of thioether (sulfide) groups is 1. The molecule has 1 aliphatic rings. The predicted octanol–water partition coefficient (Wildman–Crippen LogP) is 2.75. The van der Waals surface area contributed by atoms with Gasteiger partial charge in [-0.1, -0.05) is 32.5 Å². The van der Waals surface area contributed by atoms with Crippen molar-refractivity contribution in [3.8, 4) is 0 Å². The molecule has 0 saturated carbocycles. The number of hydrogen-bond acceptors (Lipinski definition) is 3. The zero-order valence-corrected chi connectivity index (χ0v) is 10.2. The second-order valence-electron chi connectivity index (χ2n) is 4.92. The summed E-state index contributed by atoms with van der Waals surface area (Å²) in [5.41, 5.74) is 0.269. The van der Waals surface area contributed by atoms with Crippen LogP contribution in [0.4, 0.5) is 8.78 Å². The van der Waals surface area contributed by atoms with E-state index in [2.05, 4.69) is 31.1 Å². The molecule has 1 unspecified atom stereocenters. The van der Waals surface area contributed by atoms with E-state index in [1.54, 1.807) is 11.8 Å². The van der Waals surface area contributed by atoms with Crippen LogP contribution < -0.4 is 5.32 Å². The number of halogens is 2. The molecular weight excluding hydrogens is 218 g/mol. The average Bonchev–Trinajstić information content (AvgIpc) is 2.45. The fourth-order valence-electron chi connectivity index (χ4n) is 1.47. The molecule has 0 amide bonds. The van der Waals surface area contributed by atoms with Crippen LogP contribution in [0.5, 0.6) is 0 Å². The number of alkyl halides is 2. The number of rotatable bonds is 3. The Balaban J connectivity index is 2.25. The van der Waals surface area contributed by atoms with E-state index in [1.165, 1.54) is 0 Å². The van der Waals surface area contributed by atoms with Crippen LogP contribution in [0.2, 0.25) is 0 Å². The van der Waals surface area contributed by atoms with Crippen LogP contribution in [0.1, 0.15) is 27.2 Å². The van der Waals surface area contributed by atoms with Gasteiger partial charge in [-0.15, -0.1) is 0 Å². The third-order valence-electron chi connectivity index (χ3n) is 1.96. The normalized spacial score (nSPS) is 22.0. The highest BCUT2D eigenvalue weighted by molar-refractivity contribution is 8.14. The van der Waals surface area contributed by atoms with Crippen LogP contribution in [-0.4, -0.2) is 29.9 Å². The molecule has 0 saturated heterocycles. The molecular formula is C10H18F2N2S. The second-order valence-corrected chi connectivity index (χ2v) is 6.21. The monoisotopic (exact) mass is 236 g/mol. The minimum absolute atomic E-state index is 0.269. The standard InChI is InChI=1S/C10H18F2N2S/c1-10(2,3)4-7-5-13-9(15-7)14-6-8(11)12/h7-8H,4-6H2,1-3H3,(H,13,14). The van der Waals surface area contributed by atoms with Gasteiger partial charge in [0.15, 0.2) is 5.17 Å². The van der Waals surface area contributed by atoms with E-state index in [9.17, 15) is 8.78 Å². The molecule has 1 rings (SSSR count). The molecule has 0 spiro atoms. The highest BCUT2D eigenvalue weighted by atomic mass is 32.2. The van der Waals surface area contributed by atoms with Crippen molar-refractivity contribution in [1.82, 2.24) is 5.32 Å². The molecule has 0 aromatic rings. The molecule has 2 nitrogen and oxygen atoms in total. The fraction of sp³-hybridized carbons (Fsp3) is 0.900. The van der Waals surface area contributed by atoms with Gasteiger partial charge in [0.1, 0.15) is 0 Å². The van der Waals surface area contributed by atoms with Crippen LogP contribution in [0.15, 0.2) is 4.99 Å². The van der Waals surface area contributed by atoms with Gasteiger partial charge in [-0.05, 0) is 11.8 Å². The molecule has 0 aromatic carbocycles. The molecule has 5 heteroatoms. The molecule has 1 aliphatic heterocycles. The van der Waals surface area contributed by atoms with Crippen molar-refractivity contribution >= 4 is 16.9 Å². The highest BCUT2D eigenvalue weighted by Crippen LogP contribution is 2.31. The molecule has 15 heavy (non-hydrogen) atoms. The SMILES string of the molecule is CC(C)(C)CC1CN=C(NCC(F)F)S1. The first-order valence-electron chi connectivity index (χ1n) is 5.10. The Bertz CT molecular complexity index is 236. The van der Waals surface area contributed by atoms with Crippen molar-refractivity contribution in [3.63, 3.8) is 0 Å². The summed E-state index contributed by atoms with van der Waals surface area (Å²) in [5, 5.41) is 3.77. The van der Waals surface area contributed by atoms with Crippen LogP contribution in [0.25, 0.3) is 0 Å². The average molecular weight is 236 g/mol. The summed E-state index contributed by atoms with van der Waals surface area (Å²) in [6, 6.07) is 0. The van der Waals surface area contributed by atoms with Gasteiger partial charge in [-0.2, -0.15) is 0 Å². The lowest BCUT2D eigenvalue weighted by atomic mass is 9.90. The van der Waals surface area contributed by atoms with E-state index in [1.807, 2.05) is 0 Å². The third kappa shape index (κ3) is 5.35. The predicted molar refractivity (Wildman–Crippen MR) is 61.8 cm³/mol. The number of nitrogens with zero attached hydrogens (tertiary/aromatic N) is 1. The van der Waals surface area contributed by atoms with Gasteiger partial charge < -0.3 is 5.32 Å². The Labute approximate surface area is 93.9 Å². The third-order valence-corrected chi connectivity index (χ3v) is 3.11. The first-order chi connectivity index (χ1) is 6.87. The van der Waals surface area contributed by atoms with Crippen molar-refractivity contribution in [1.29, 1.82) is 0 Å². The summed E-state index contributed by atoms with van der Waals surface area (Å²) in [6.07, 6.45) is -1.25. The maximum Gasteiger partial charge on any atom is 0.255 e. The van der Waals surface area contributed by atoms with Gasteiger partial charge in [0.25, 0.3) is 6.43 Å². The molecule has 0 aromatic heterocycles. The summed E-state index contributed by atoms with van der Waals surface area (Å²) in [7, 11) is 0. The summed E-state index contributed by atoms with van der Waals surface area (Å²) in [4.78, 5) is 4.21. The lowest BCUT2D eigenvalue weighted by Crippen LogP contribution is -2.25. The number of hydrogen-bond donors (Lipinski definition) is 1. The molecule has 0 bridgehead atoms. The summed E-state index contributed by atoms with van der Waals surface area (Å²) < 4.78 is 23.9. The van der Waals surface area contributed by atoms with E-state index < -0.39 is 6.43 Å². The Morgan fingerprint density at radius 1 is 1.53 bits per heavy atom. The fourth-order valence-corrected chi connectivity index (χ4v) is 2.83. The van der Waals surface area contributed by atoms with Crippen LogP contribution in [-0.2, 0) is 0 Å². The van der Waals surface area contributed by atoms with Gasteiger partial charge in [-0.3, -0.25) is 4.99 Å². The van der Waals surface area contributed by atoms with Gasteiger partial charge in [0, 0.05) is 5.25 Å². The lowest BCUT2D eigenvalue weighted by Gasteiger charge is -2.21. The van der Waals surface area contributed by atoms with Gasteiger partial charge in [-0.25, -0.2) is 8.78 Å². The van der Waals surface area contributed by atoms with Crippen molar-refractivity contribution < 1.29 is 8.78 Å². The molecule has 0 fully saturated rings. The smallest absolute Gasteiger partial charge is 0.255 e. The zero-order chi connectivity index (χ0) is 11.5. The molecule has 0 aliphatic carbocycles. The van der Waals surface area contributed by atoms with Crippen LogP contribution >= 0.6 is 11.8 Å². The lowest BCUT2D eigenvalue weighted by molar-refractivity contribution is 0.152. The Hall–Kier alpha value is -0.320. The van der Waals surface area contributed by atoms with E-state index >= 15 is 0 Å². The Morgan fingerprint density at radius 3 is 2.73 bits per heavy atom. The van der Waals surface area contributed by atoms with Crippen molar-refractivity contribution in [2.45, 2.75) is 38.9 Å². The first-order valence-corrected chi connectivity index (χ1v) is 5.98. The maximum absolute atomic E-state index is 11.9. The molecule has 1 atom stereocenters. The highest BCUT2D eigenvalue weighted by Gasteiger charge is 2.25. The maximum atomic E-state index is 11.9. The molecule has 1 heterocycles. The summed E-state index contributed by atoms with van der Waals surface area (Å²) in [6.45, 7) is 6.98. The van der Waals surface area contributed by atoms with Gasteiger partial charge in [0.05, 0.1) is 13.1 Å². The van der Waals surface area contributed by atoms with Crippen LogP contribution in [0, 0.1) is 5.41 Å². The second kappa shape index (κ2) is 5.14. The van der Waals surface area contributed by atoms with E-state index in [0.29, 0.717) is 10.4 Å². The summed E-state index contributed by atoms with van der Waals surface area (Å²) in [5.74, 6) is 0. The zero-order valence-electron chi connectivity index (χ0n) is 9.39. The van der Waals surface area contributed by atoms with E-state index in [-0.39, 0.29) is 12.0 Å². The van der Waals surface area contributed by atoms with Crippen molar-refractivity contribution in [3.05, 3.63) is 0 Å². The number of amidine groups is 1. The topological polar surface area (TPSA) is 24.4 Å². The largest absolute Gasteiger partial charge is 0.359 e.